The molecule has 0 amide bonds. The molecule has 1 heterocycles. The van der Waals surface area contributed by atoms with E-state index in [-0.39, 0.29) is 6.04 Å². The Morgan fingerprint density at radius 1 is 1.42 bits per heavy atom. The summed E-state index contributed by atoms with van der Waals surface area (Å²) in [6.07, 6.45) is -3.34. The minimum Gasteiger partial charge on any atom is -0.307 e. The van der Waals surface area contributed by atoms with Crippen molar-refractivity contribution < 1.29 is 13.2 Å². The smallest absolute Gasteiger partial charge is 0.307 e. The monoisotopic (exact) mass is 179 g/mol. The fourth-order valence-electron chi connectivity index (χ4n) is 0.823. The molecule has 0 aliphatic carbocycles. The zero-order valence-electron chi connectivity index (χ0n) is 6.63. The molecule has 12 heavy (non-hydrogen) atoms. The molecule has 0 aliphatic heterocycles. The largest absolute Gasteiger partial charge is 0.451 e. The van der Waals surface area contributed by atoms with E-state index in [0.717, 1.165) is 10.9 Å². The van der Waals surface area contributed by atoms with Crippen LogP contribution in [0.2, 0.25) is 0 Å². The van der Waals surface area contributed by atoms with E-state index in [1.54, 1.807) is 13.8 Å². The van der Waals surface area contributed by atoms with Crippen molar-refractivity contribution in [2.45, 2.75) is 26.1 Å². The van der Waals surface area contributed by atoms with Gasteiger partial charge >= 0.3 is 6.18 Å². The van der Waals surface area contributed by atoms with Gasteiger partial charge in [-0.1, -0.05) is 0 Å². The SMILES string of the molecule is CC(C)n1cnnc1C(F)(F)F. The first-order valence-electron chi connectivity index (χ1n) is 3.39. The van der Waals surface area contributed by atoms with E-state index in [1.807, 2.05) is 0 Å². The molecule has 0 radical (unpaired) electrons. The van der Waals surface area contributed by atoms with E-state index in [4.69, 9.17) is 0 Å². The van der Waals surface area contributed by atoms with Crippen molar-refractivity contribution in [3.05, 3.63) is 12.2 Å². The van der Waals surface area contributed by atoms with Gasteiger partial charge in [-0.05, 0) is 13.8 Å². The second-order valence-corrected chi connectivity index (χ2v) is 2.65. The average molecular weight is 179 g/mol. The van der Waals surface area contributed by atoms with E-state index in [0.29, 0.717) is 0 Å². The summed E-state index contributed by atoms with van der Waals surface area (Å²) in [6, 6.07) is -0.281. The van der Waals surface area contributed by atoms with E-state index >= 15 is 0 Å². The molecule has 1 aromatic heterocycles. The number of halogens is 3. The number of hydrogen-bond acceptors (Lipinski definition) is 2. The Bertz CT molecular complexity index is 263. The lowest BCUT2D eigenvalue weighted by Gasteiger charge is -2.11. The maximum absolute atomic E-state index is 12.1. The first-order chi connectivity index (χ1) is 5.43. The first-order valence-corrected chi connectivity index (χ1v) is 3.39. The minimum atomic E-state index is -4.42. The summed E-state index contributed by atoms with van der Waals surface area (Å²) < 4.78 is 37.3. The third kappa shape index (κ3) is 1.57. The number of nitrogens with zero attached hydrogens (tertiary/aromatic N) is 3. The zero-order valence-corrected chi connectivity index (χ0v) is 6.63. The quantitative estimate of drug-likeness (QED) is 0.658. The molecule has 1 aromatic rings. The van der Waals surface area contributed by atoms with Crippen molar-refractivity contribution in [3.8, 4) is 0 Å². The van der Waals surface area contributed by atoms with Gasteiger partial charge in [-0.3, -0.25) is 0 Å². The highest BCUT2D eigenvalue weighted by Crippen LogP contribution is 2.28. The predicted molar refractivity (Wildman–Crippen MR) is 35.4 cm³/mol. The number of aromatic nitrogens is 3. The average Bonchev–Trinajstić information content (AvgIpc) is 2.30. The molecule has 0 aliphatic rings. The van der Waals surface area contributed by atoms with Crippen LogP contribution >= 0.6 is 0 Å². The van der Waals surface area contributed by atoms with Crippen LogP contribution in [0.5, 0.6) is 0 Å². The molecule has 0 bridgehead atoms. The molecular formula is C6H8F3N3. The van der Waals surface area contributed by atoms with E-state index < -0.39 is 12.0 Å². The molecule has 68 valence electrons. The van der Waals surface area contributed by atoms with Crippen LogP contribution in [0.3, 0.4) is 0 Å². The number of alkyl halides is 3. The molecule has 0 unspecified atom stereocenters. The van der Waals surface area contributed by atoms with Crippen molar-refractivity contribution >= 4 is 0 Å². The summed E-state index contributed by atoms with van der Waals surface area (Å²) in [5.74, 6) is -0.947. The molecule has 0 aromatic carbocycles. The predicted octanol–water partition coefficient (Wildman–Crippen LogP) is 1.88. The van der Waals surface area contributed by atoms with Crippen LogP contribution in [0.1, 0.15) is 25.7 Å². The van der Waals surface area contributed by atoms with Crippen molar-refractivity contribution in [1.29, 1.82) is 0 Å². The molecule has 1 rings (SSSR count). The van der Waals surface area contributed by atoms with Gasteiger partial charge < -0.3 is 4.57 Å². The standard InChI is InChI=1S/C6H8F3N3/c1-4(2)12-3-10-11-5(12)6(7,8)9/h3-4H,1-2H3. The van der Waals surface area contributed by atoms with Gasteiger partial charge in [0, 0.05) is 6.04 Å². The van der Waals surface area contributed by atoms with Crippen LogP contribution < -0.4 is 0 Å². The fourth-order valence-corrected chi connectivity index (χ4v) is 0.823. The highest BCUT2D eigenvalue weighted by atomic mass is 19.4. The van der Waals surface area contributed by atoms with Gasteiger partial charge in [-0.25, -0.2) is 0 Å². The Morgan fingerprint density at radius 2 is 2.00 bits per heavy atom. The lowest BCUT2D eigenvalue weighted by Crippen LogP contribution is -2.15. The van der Waals surface area contributed by atoms with Crippen molar-refractivity contribution in [1.82, 2.24) is 14.8 Å². The Kier molecular flexibility index (Phi) is 2.08. The molecule has 0 N–H and O–H groups in total. The Balaban J connectivity index is 3.08. The van der Waals surface area contributed by atoms with Crippen LogP contribution in [0, 0.1) is 0 Å². The summed E-state index contributed by atoms with van der Waals surface area (Å²) in [6.45, 7) is 3.28. The lowest BCUT2D eigenvalue weighted by atomic mass is 10.4. The second kappa shape index (κ2) is 2.76. The Morgan fingerprint density at radius 3 is 2.33 bits per heavy atom. The highest BCUT2D eigenvalue weighted by molar-refractivity contribution is 4.92. The van der Waals surface area contributed by atoms with Crippen LogP contribution in [0.4, 0.5) is 13.2 Å². The third-order valence-corrected chi connectivity index (χ3v) is 1.38. The topological polar surface area (TPSA) is 30.7 Å². The van der Waals surface area contributed by atoms with E-state index in [2.05, 4.69) is 10.2 Å². The summed E-state index contributed by atoms with van der Waals surface area (Å²) in [4.78, 5) is 0. The maximum atomic E-state index is 12.1. The summed E-state index contributed by atoms with van der Waals surface area (Å²) in [5, 5.41) is 6.20. The summed E-state index contributed by atoms with van der Waals surface area (Å²) in [7, 11) is 0. The van der Waals surface area contributed by atoms with Crippen molar-refractivity contribution in [2.75, 3.05) is 0 Å². The summed E-state index contributed by atoms with van der Waals surface area (Å²) >= 11 is 0. The lowest BCUT2D eigenvalue weighted by molar-refractivity contribution is -0.148. The number of hydrogen-bond donors (Lipinski definition) is 0. The normalized spacial score (nSPS) is 12.5. The van der Waals surface area contributed by atoms with Crippen LogP contribution in [0.15, 0.2) is 6.33 Å². The first kappa shape index (κ1) is 9.02. The van der Waals surface area contributed by atoms with Gasteiger partial charge in [0.05, 0.1) is 0 Å². The molecule has 0 atom stereocenters. The maximum Gasteiger partial charge on any atom is 0.451 e. The van der Waals surface area contributed by atoms with Crippen LogP contribution in [0.25, 0.3) is 0 Å². The molecular weight excluding hydrogens is 171 g/mol. The Labute approximate surface area is 67.2 Å². The van der Waals surface area contributed by atoms with Gasteiger partial charge in [0.1, 0.15) is 6.33 Å². The highest BCUT2D eigenvalue weighted by Gasteiger charge is 2.37. The van der Waals surface area contributed by atoms with Crippen LogP contribution in [-0.2, 0) is 6.18 Å². The molecule has 0 saturated carbocycles. The van der Waals surface area contributed by atoms with Gasteiger partial charge in [-0.15, -0.1) is 10.2 Å². The van der Waals surface area contributed by atoms with Gasteiger partial charge in [0.2, 0.25) is 5.82 Å². The van der Waals surface area contributed by atoms with Crippen molar-refractivity contribution in [2.24, 2.45) is 0 Å². The Hall–Kier alpha value is -1.07. The molecule has 0 fully saturated rings. The fraction of sp³-hybridized carbons (Fsp3) is 0.667. The van der Waals surface area contributed by atoms with Gasteiger partial charge in [0.25, 0.3) is 0 Å². The van der Waals surface area contributed by atoms with Crippen molar-refractivity contribution in [3.63, 3.8) is 0 Å². The molecule has 3 nitrogen and oxygen atoms in total. The van der Waals surface area contributed by atoms with Crippen LogP contribution in [-0.4, -0.2) is 14.8 Å². The number of rotatable bonds is 1. The molecule has 0 spiro atoms. The second-order valence-electron chi connectivity index (χ2n) is 2.65. The molecule has 0 saturated heterocycles. The van der Waals surface area contributed by atoms with E-state index in [9.17, 15) is 13.2 Å². The molecule has 6 heteroatoms. The van der Waals surface area contributed by atoms with Gasteiger partial charge in [0.15, 0.2) is 0 Å². The van der Waals surface area contributed by atoms with E-state index in [1.165, 1.54) is 0 Å². The summed E-state index contributed by atoms with van der Waals surface area (Å²) in [5.41, 5.74) is 0. The van der Waals surface area contributed by atoms with Gasteiger partial charge in [-0.2, -0.15) is 13.2 Å². The third-order valence-electron chi connectivity index (χ3n) is 1.38. The zero-order chi connectivity index (χ0) is 9.35. The minimum absolute atomic E-state index is 0.281.